The third-order valence-electron chi connectivity index (χ3n) is 2.83. The van der Waals surface area contributed by atoms with Crippen molar-refractivity contribution in [2.45, 2.75) is 0 Å². The maximum absolute atomic E-state index is 12.1. The van der Waals surface area contributed by atoms with Gasteiger partial charge < -0.3 is 16.4 Å². The Balaban J connectivity index is 2.10. The number of hydrogen-bond acceptors (Lipinski definition) is 4. The van der Waals surface area contributed by atoms with Gasteiger partial charge in [0.15, 0.2) is 0 Å². The summed E-state index contributed by atoms with van der Waals surface area (Å²) >= 11 is 9.24. The van der Waals surface area contributed by atoms with Crippen LogP contribution in [0.3, 0.4) is 0 Å². The highest BCUT2D eigenvalue weighted by molar-refractivity contribution is 9.10. The van der Waals surface area contributed by atoms with Crippen molar-refractivity contribution in [3.63, 3.8) is 0 Å². The highest BCUT2D eigenvalue weighted by Gasteiger charge is 2.10. The van der Waals surface area contributed by atoms with E-state index in [1.54, 1.807) is 12.1 Å². The lowest BCUT2D eigenvalue weighted by Crippen LogP contribution is -2.14. The van der Waals surface area contributed by atoms with E-state index in [9.17, 15) is 4.79 Å². The van der Waals surface area contributed by atoms with Crippen LogP contribution in [0, 0.1) is 11.3 Å². The van der Waals surface area contributed by atoms with Gasteiger partial charge in [0.1, 0.15) is 11.6 Å². The van der Waals surface area contributed by atoms with Crippen molar-refractivity contribution in [3.8, 4) is 6.07 Å². The van der Waals surface area contributed by atoms with E-state index in [4.69, 9.17) is 22.6 Å². The van der Waals surface area contributed by atoms with Gasteiger partial charge in [-0.05, 0) is 36.4 Å². The highest BCUT2D eigenvalue weighted by Crippen LogP contribution is 2.23. The van der Waals surface area contributed by atoms with Crippen molar-refractivity contribution in [1.82, 2.24) is 0 Å². The van der Waals surface area contributed by atoms with Gasteiger partial charge in [0.2, 0.25) is 0 Å². The van der Waals surface area contributed by atoms with Crippen molar-refractivity contribution in [2.75, 3.05) is 16.4 Å². The second-order valence-electron chi connectivity index (χ2n) is 4.51. The lowest BCUT2D eigenvalue weighted by molar-refractivity contribution is -0.112. The van der Waals surface area contributed by atoms with Crippen LogP contribution in [0.4, 0.5) is 17.1 Å². The molecule has 0 atom stereocenters. The summed E-state index contributed by atoms with van der Waals surface area (Å²) in [7, 11) is 0. The first-order chi connectivity index (χ1) is 11.0. The van der Waals surface area contributed by atoms with E-state index in [1.165, 1.54) is 12.3 Å². The molecule has 0 spiro atoms. The first kappa shape index (κ1) is 16.9. The van der Waals surface area contributed by atoms with Crippen LogP contribution in [0.5, 0.6) is 0 Å². The van der Waals surface area contributed by atoms with E-state index >= 15 is 0 Å². The Kier molecular flexibility index (Phi) is 5.63. The molecule has 2 rings (SSSR count). The number of nitrogens with zero attached hydrogens (tertiary/aromatic N) is 1. The zero-order valence-electron chi connectivity index (χ0n) is 11.8. The summed E-state index contributed by atoms with van der Waals surface area (Å²) in [5, 5.41) is 15.0. The summed E-state index contributed by atoms with van der Waals surface area (Å²) in [6.45, 7) is 0. The highest BCUT2D eigenvalue weighted by atomic mass is 79.9. The van der Waals surface area contributed by atoms with E-state index in [-0.39, 0.29) is 5.57 Å². The summed E-state index contributed by atoms with van der Waals surface area (Å²) in [6, 6.07) is 13.9. The Bertz CT molecular complexity index is 814. The SMILES string of the molecule is N#C/C(=C/Nc1cccc(Br)c1)C(=O)Nc1ccc(N)c(Cl)c1. The molecule has 5 nitrogen and oxygen atoms in total. The largest absolute Gasteiger partial charge is 0.398 e. The van der Waals surface area contributed by atoms with Crippen molar-refractivity contribution < 1.29 is 4.79 Å². The zero-order valence-corrected chi connectivity index (χ0v) is 14.1. The zero-order chi connectivity index (χ0) is 16.8. The number of halogens is 2. The van der Waals surface area contributed by atoms with Crippen LogP contribution in [0.2, 0.25) is 5.02 Å². The van der Waals surface area contributed by atoms with E-state index < -0.39 is 5.91 Å². The van der Waals surface area contributed by atoms with Crippen LogP contribution in [-0.2, 0) is 4.79 Å². The molecule has 0 aliphatic rings. The molecule has 0 saturated heterocycles. The fraction of sp³-hybridized carbons (Fsp3) is 0. The van der Waals surface area contributed by atoms with Gasteiger partial charge >= 0.3 is 0 Å². The Morgan fingerprint density at radius 2 is 2.04 bits per heavy atom. The molecule has 23 heavy (non-hydrogen) atoms. The molecule has 116 valence electrons. The number of benzene rings is 2. The van der Waals surface area contributed by atoms with Crippen molar-refractivity contribution in [3.05, 3.63) is 63.7 Å². The predicted molar refractivity (Wildman–Crippen MR) is 96.0 cm³/mol. The quantitative estimate of drug-likeness (QED) is 0.415. The molecule has 0 aliphatic carbocycles. The lowest BCUT2D eigenvalue weighted by Gasteiger charge is -2.07. The second kappa shape index (κ2) is 7.68. The number of nitrogens with one attached hydrogen (secondary N) is 2. The maximum Gasteiger partial charge on any atom is 0.267 e. The number of carbonyl (C=O) groups excluding carboxylic acids is 1. The topological polar surface area (TPSA) is 90.9 Å². The van der Waals surface area contributed by atoms with Gasteiger partial charge in [0, 0.05) is 22.0 Å². The smallest absolute Gasteiger partial charge is 0.267 e. The third kappa shape index (κ3) is 4.74. The Hall–Kier alpha value is -2.49. The number of hydrogen-bond donors (Lipinski definition) is 3. The van der Waals surface area contributed by atoms with Crippen LogP contribution in [0.25, 0.3) is 0 Å². The van der Waals surface area contributed by atoms with Gasteiger partial charge in [-0.1, -0.05) is 33.6 Å². The first-order valence-corrected chi connectivity index (χ1v) is 7.65. The molecule has 0 fully saturated rings. The number of amides is 1. The number of anilines is 3. The molecule has 0 aliphatic heterocycles. The van der Waals surface area contributed by atoms with Crippen LogP contribution in [0.15, 0.2) is 58.7 Å². The minimum atomic E-state index is -0.546. The van der Waals surface area contributed by atoms with Crippen molar-refractivity contribution in [1.29, 1.82) is 5.26 Å². The van der Waals surface area contributed by atoms with Gasteiger partial charge in [-0.2, -0.15) is 5.26 Å². The van der Waals surface area contributed by atoms with E-state index in [0.717, 1.165) is 10.2 Å². The van der Waals surface area contributed by atoms with Crippen LogP contribution in [0.1, 0.15) is 0 Å². The van der Waals surface area contributed by atoms with Gasteiger partial charge in [-0.15, -0.1) is 0 Å². The number of nitrogens with two attached hydrogens (primary N) is 1. The van der Waals surface area contributed by atoms with E-state index in [0.29, 0.717) is 16.4 Å². The molecule has 0 bridgehead atoms. The molecule has 1 amide bonds. The summed E-state index contributed by atoms with van der Waals surface area (Å²) in [5.74, 6) is -0.546. The fourth-order valence-corrected chi connectivity index (χ4v) is 2.27. The Morgan fingerprint density at radius 1 is 1.26 bits per heavy atom. The summed E-state index contributed by atoms with van der Waals surface area (Å²) in [6.07, 6.45) is 1.34. The predicted octanol–water partition coefficient (Wildman–Crippen LogP) is 4.14. The molecule has 0 unspecified atom stereocenters. The standard InChI is InChI=1S/C16H12BrClN4O/c17-11-2-1-3-12(6-11)21-9-10(8-19)16(23)22-13-4-5-15(20)14(18)7-13/h1-7,9,21H,20H2,(H,22,23)/b10-9-. The minimum absolute atomic E-state index is 0.0714. The monoisotopic (exact) mass is 390 g/mol. The molecule has 2 aromatic carbocycles. The lowest BCUT2D eigenvalue weighted by atomic mass is 10.2. The fourth-order valence-electron chi connectivity index (χ4n) is 1.69. The number of rotatable bonds is 4. The molecule has 0 saturated carbocycles. The molecular weight excluding hydrogens is 380 g/mol. The summed E-state index contributed by atoms with van der Waals surface area (Å²) < 4.78 is 0.885. The summed E-state index contributed by atoms with van der Waals surface area (Å²) in [5.41, 5.74) is 7.15. The van der Waals surface area contributed by atoms with Gasteiger partial charge in [-0.3, -0.25) is 4.79 Å². The Labute approximate surface area is 146 Å². The molecule has 0 radical (unpaired) electrons. The van der Waals surface area contributed by atoms with E-state index in [1.807, 2.05) is 30.3 Å². The van der Waals surface area contributed by atoms with Crippen LogP contribution in [-0.4, -0.2) is 5.91 Å². The number of carbonyl (C=O) groups is 1. The number of nitrogen functional groups attached to an aromatic ring is 1. The number of nitriles is 1. The van der Waals surface area contributed by atoms with Crippen LogP contribution < -0.4 is 16.4 Å². The maximum atomic E-state index is 12.1. The Morgan fingerprint density at radius 3 is 2.70 bits per heavy atom. The third-order valence-corrected chi connectivity index (χ3v) is 3.65. The molecule has 2 aromatic rings. The van der Waals surface area contributed by atoms with Crippen molar-refractivity contribution in [2.24, 2.45) is 0 Å². The van der Waals surface area contributed by atoms with Gasteiger partial charge in [-0.25, -0.2) is 0 Å². The average molecular weight is 392 g/mol. The van der Waals surface area contributed by atoms with Gasteiger partial charge in [0.05, 0.1) is 10.7 Å². The average Bonchev–Trinajstić information content (AvgIpc) is 2.51. The van der Waals surface area contributed by atoms with E-state index in [2.05, 4.69) is 26.6 Å². The molecule has 0 aromatic heterocycles. The van der Waals surface area contributed by atoms with Crippen LogP contribution >= 0.6 is 27.5 Å². The molecule has 4 N–H and O–H groups in total. The molecule has 7 heteroatoms. The molecule has 0 heterocycles. The molecular formula is C16H12BrClN4O. The normalized spacial score (nSPS) is 10.7. The minimum Gasteiger partial charge on any atom is -0.398 e. The second-order valence-corrected chi connectivity index (χ2v) is 5.84. The summed E-state index contributed by atoms with van der Waals surface area (Å²) in [4.78, 5) is 12.1. The van der Waals surface area contributed by atoms with Crippen molar-refractivity contribution >= 4 is 50.5 Å². The first-order valence-electron chi connectivity index (χ1n) is 6.48. The van der Waals surface area contributed by atoms with Gasteiger partial charge in [0.25, 0.3) is 5.91 Å².